The Labute approximate surface area is 121 Å². The van der Waals surface area contributed by atoms with Crippen molar-refractivity contribution in [1.82, 2.24) is 10.2 Å². The summed E-state index contributed by atoms with van der Waals surface area (Å²) in [5.74, 6) is -0.832. The van der Waals surface area contributed by atoms with Crippen molar-refractivity contribution in [2.75, 3.05) is 13.1 Å². The lowest BCUT2D eigenvalue weighted by Crippen LogP contribution is -2.51. The zero-order valence-electron chi connectivity index (χ0n) is 13.5. The second kappa shape index (κ2) is 5.26. The zero-order valence-corrected chi connectivity index (χ0v) is 13.5. The molecule has 2 N–H and O–H groups in total. The van der Waals surface area contributed by atoms with Gasteiger partial charge in [0.25, 0.3) is 0 Å². The van der Waals surface area contributed by atoms with E-state index < -0.39 is 11.4 Å². The molecule has 0 aliphatic carbocycles. The molecule has 5 nitrogen and oxygen atoms in total. The molecule has 116 valence electrons. The van der Waals surface area contributed by atoms with Crippen molar-refractivity contribution in [2.24, 2.45) is 10.8 Å². The standard InChI is InChI=1S/C15H28N2O3/c1-13(2,3)9-14(4,5)16-12(20)17-8-7-15(6,10-17)11(18)19/h7-10H2,1-6H3,(H,16,20)(H,18,19). The van der Waals surface area contributed by atoms with Crippen LogP contribution in [0.15, 0.2) is 0 Å². The van der Waals surface area contributed by atoms with Gasteiger partial charge in [-0.1, -0.05) is 20.8 Å². The van der Waals surface area contributed by atoms with Crippen LogP contribution in [0.4, 0.5) is 4.79 Å². The van der Waals surface area contributed by atoms with Gasteiger partial charge in [0.1, 0.15) is 0 Å². The van der Waals surface area contributed by atoms with Crippen LogP contribution in [-0.2, 0) is 4.79 Å². The van der Waals surface area contributed by atoms with Crippen LogP contribution in [0.2, 0.25) is 0 Å². The Balaban J connectivity index is 2.63. The molecule has 0 spiro atoms. The predicted octanol–water partition coefficient (Wildman–Crippen LogP) is 2.71. The molecular formula is C15H28N2O3. The number of amides is 2. The Morgan fingerprint density at radius 2 is 1.80 bits per heavy atom. The summed E-state index contributed by atoms with van der Waals surface area (Å²) in [5.41, 5.74) is -1.000. The molecule has 1 aliphatic heterocycles. The van der Waals surface area contributed by atoms with Crippen molar-refractivity contribution in [3.63, 3.8) is 0 Å². The number of carbonyl (C=O) groups excluding carboxylic acids is 1. The molecule has 1 atom stereocenters. The van der Waals surface area contributed by atoms with Gasteiger partial charge in [-0.05, 0) is 39.0 Å². The summed E-state index contributed by atoms with van der Waals surface area (Å²) in [6, 6.07) is -0.163. The fraction of sp³-hybridized carbons (Fsp3) is 0.867. The van der Waals surface area contributed by atoms with Gasteiger partial charge in [-0.3, -0.25) is 4.79 Å². The molecule has 0 aromatic heterocycles. The molecule has 1 saturated heterocycles. The van der Waals surface area contributed by atoms with E-state index in [0.29, 0.717) is 13.0 Å². The minimum atomic E-state index is -0.832. The molecular weight excluding hydrogens is 256 g/mol. The van der Waals surface area contributed by atoms with Gasteiger partial charge < -0.3 is 15.3 Å². The van der Waals surface area contributed by atoms with E-state index in [0.717, 1.165) is 6.42 Å². The van der Waals surface area contributed by atoms with Crippen LogP contribution >= 0.6 is 0 Å². The van der Waals surface area contributed by atoms with E-state index in [9.17, 15) is 14.7 Å². The van der Waals surface area contributed by atoms with Crippen LogP contribution in [0.1, 0.15) is 54.4 Å². The summed E-state index contributed by atoms with van der Waals surface area (Å²) in [6.07, 6.45) is 1.37. The van der Waals surface area contributed by atoms with E-state index in [1.165, 1.54) is 0 Å². The number of aliphatic carboxylic acids is 1. The number of likely N-dealkylation sites (tertiary alicyclic amines) is 1. The van der Waals surface area contributed by atoms with Crippen molar-refractivity contribution >= 4 is 12.0 Å². The maximum Gasteiger partial charge on any atom is 0.317 e. The Kier molecular flexibility index (Phi) is 4.42. The largest absolute Gasteiger partial charge is 0.481 e. The molecule has 1 rings (SSSR count). The van der Waals surface area contributed by atoms with Gasteiger partial charge >= 0.3 is 12.0 Å². The Morgan fingerprint density at radius 1 is 1.25 bits per heavy atom. The van der Waals surface area contributed by atoms with Gasteiger partial charge in [0, 0.05) is 18.6 Å². The highest BCUT2D eigenvalue weighted by molar-refractivity contribution is 5.79. The van der Waals surface area contributed by atoms with Crippen molar-refractivity contribution in [3.05, 3.63) is 0 Å². The van der Waals surface area contributed by atoms with E-state index >= 15 is 0 Å². The highest BCUT2D eigenvalue weighted by Crippen LogP contribution is 2.31. The number of hydrogen-bond acceptors (Lipinski definition) is 2. The van der Waals surface area contributed by atoms with E-state index in [1.807, 2.05) is 13.8 Å². The van der Waals surface area contributed by atoms with Gasteiger partial charge in [-0.15, -0.1) is 0 Å². The molecule has 20 heavy (non-hydrogen) atoms. The lowest BCUT2D eigenvalue weighted by atomic mass is 9.82. The minimum absolute atomic E-state index is 0.122. The van der Waals surface area contributed by atoms with E-state index in [1.54, 1.807) is 11.8 Å². The number of nitrogens with one attached hydrogen (secondary N) is 1. The monoisotopic (exact) mass is 284 g/mol. The number of carboxylic acid groups (broad SMARTS) is 1. The molecule has 0 bridgehead atoms. The number of carboxylic acids is 1. The predicted molar refractivity (Wildman–Crippen MR) is 78.6 cm³/mol. The second-order valence-electron chi connectivity index (χ2n) is 8.09. The lowest BCUT2D eigenvalue weighted by Gasteiger charge is -2.35. The van der Waals surface area contributed by atoms with Crippen LogP contribution in [-0.4, -0.2) is 40.6 Å². The highest BCUT2D eigenvalue weighted by Gasteiger charge is 2.43. The number of urea groups is 1. The summed E-state index contributed by atoms with van der Waals surface area (Å²) < 4.78 is 0. The number of carbonyl (C=O) groups is 2. The minimum Gasteiger partial charge on any atom is -0.481 e. The fourth-order valence-corrected chi connectivity index (χ4v) is 3.05. The fourth-order valence-electron chi connectivity index (χ4n) is 3.05. The Morgan fingerprint density at radius 3 is 2.20 bits per heavy atom. The first-order chi connectivity index (χ1) is 8.85. The van der Waals surface area contributed by atoms with Crippen LogP contribution in [0.3, 0.4) is 0 Å². The van der Waals surface area contributed by atoms with Crippen LogP contribution in [0.25, 0.3) is 0 Å². The molecule has 1 heterocycles. The van der Waals surface area contributed by atoms with E-state index in [-0.39, 0.29) is 23.5 Å². The third kappa shape index (κ3) is 4.39. The van der Waals surface area contributed by atoms with Gasteiger partial charge in [0.2, 0.25) is 0 Å². The van der Waals surface area contributed by atoms with Crippen molar-refractivity contribution in [1.29, 1.82) is 0 Å². The van der Waals surface area contributed by atoms with Gasteiger partial charge in [0.15, 0.2) is 0 Å². The lowest BCUT2D eigenvalue weighted by molar-refractivity contribution is -0.146. The first kappa shape index (κ1) is 16.8. The van der Waals surface area contributed by atoms with E-state index in [2.05, 4.69) is 26.1 Å². The molecule has 1 unspecified atom stereocenters. The molecule has 0 saturated carbocycles. The second-order valence-corrected chi connectivity index (χ2v) is 8.09. The van der Waals surface area contributed by atoms with Crippen LogP contribution < -0.4 is 5.32 Å². The van der Waals surface area contributed by atoms with Gasteiger partial charge in [0.05, 0.1) is 5.41 Å². The average Bonchev–Trinajstić information content (AvgIpc) is 2.57. The zero-order chi connectivity index (χ0) is 15.8. The molecule has 2 amide bonds. The molecule has 0 radical (unpaired) electrons. The molecule has 0 aromatic carbocycles. The molecule has 1 aliphatic rings. The SMILES string of the molecule is CC(C)(C)CC(C)(C)NC(=O)N1CCC(C)(C(=O)O)C1. The Hall–Kier alpha value is -1.26. The van der Waals surface area contributed by atoms with E-state index in [4.69, 9.17) is 0 Å². The summed E-state index contributed by atoms with van der Waals surface area (Å²) in [7, 11) is 0. The van der Waals surface area contributed by atoms with Crippen LogP contribution in [0, 0.1) is 10.8 Å². The smallest absolute Gasteiger partial charge is 0.317 e. The number of hydrogen-bond donors (Lipinski definition) is 2. The Bertz CT molecular complexity index is 398. The molecule has 0 aromatic rings. The summed E-state index contributed by atoms with van der Waals surface area (Å²) >= 11 is 0. The molecule has 5 heteroatoms. The first-order valence-electron chi connectivity index (χ1n) is 7.15. The third-order valence-electron chi connectivity index (χ3n) is 3.69. The number of rotatable bonds is 3. The quantitative estimate of drug-likeness (QED) is 0.837. The van der Waals surface area contributed by atoms with Gasteiger partial charge in [-0.25, -0.2) is 4.79 Å². The first-order valence-corrected chi connectivity index (χ1v) is 7.15. The maximum atomic E-state index is 12.3. The molecule has 1 fully saturated rings. The third-order valence-corrected chi connectivity index (χ3v) is 3.69. The van der Waals surface area contributed by atoms with Crippen molar-refractivity contribution < 1.29 is 14.7 Å². The summed E-state index contributed by atoms with van der Waals surface area (Å²) in [5, 5.41) is 12.2. The van der Waals surface area contributed by atoms with Crippen molar-refractivity contribution in [2.45, 2.75) is 59.9 Å². The van der Waals surface area contributed by atoms with Crippen LogP contribution in [0.5, 0.6) is 0 Å². The topological polar surface area (TPSA) is 69.6 Å². The van der Waals surface area contributed by atoms with Gasteiger partial charge in [-0.2, -0.15) is 0 Å². The summed E-state index contributed by atoms with van der Waals surface area (Å²) in [4.78, 5) is 25.1. The average molecular weight is 284 g/mol. The number of nitrogens with zero attached hydrogens (tertiary/aromatic N) is 1. The summed E-state index contributed by atoms with van der Waals surface area (Å²) in [6.45, 7) is 12.9. The highest BCUT2D eigenvalue weighted by atomic mass is 16.4. The van der Waals surface area contributed by atoms with Crippen molar-refractivity contribution in [3.8, 4) is 0 Å². The normalized spacial score (nSPS) is 23.8. The maximum absolute atomic E-state index is 12.3.